The third-order valence-corrected chi connectivity index (χ3v) is 9.67. The molecule has 3 unspecified atom stereocenters. The summed E-state index contributed by atoms with van der Waals surface area (Å²) in [5, 5.41) is 4.40. The number of aromatic nitrogens is 3. The van der Waals surface area contributed by atoms with Crippen LogP contribution in [0.25, 0.3) is 32.2 Å². The van der Waals surface area contributed by atoms with Gasteiger partial charge in [-0.1, -0.05) is 22.9 Å². The van der Waals surface area contributed by atoms with Crippen molar-refractivity contribution in [1.82, 2.24) is 25.2 Å². The molecule has 3 N–H and O–H groups in total. The number of piperazine rings is 1. The molecule has 2 aromatic carbocycles. The lowest BCUT2D eigenvalue weighted by molar-refractivity contribution is 0.0965. The van der Waals surface area contributed by atoms with Crippen molar-refractivity contribution in [3.63, 3.8) is 0 Å². The number of hydrogen-bond donors (Lipinski definition) is 2. The van der Waals surface area contributed by atoms with Crippen LogP contribution in [0.3, 0.4) is 0 Å². The number of rotatable bonds is 6. The SMILES string of the molecule is CC(CN1CCC(F)CC1)Oc1nc(N2CC3CCC(C2)N3)c2cc(Cl)c(-c3ccc(F)c4sc(N)nc34)c(F)c2n1. The van der Waals surface area contributed by atoms with E-state index in [9.17, 15) is 8.78 Å². The summed E-state index contributed by atoms with van der Waals surface area (Å²) in [6.45, 7) is 5.23. The molecule has 3 atom stereocenters. The van der Waals surface area contributed by atoms with Crippen LogP contribution in [0.2, 0.25) is 5.02 Å². The Morgan fingerprint density at radius 3 is 2.57 bits per heavy atom. The zero-order chi connectivity index (χ0) is 29.1. The highest BCUT2D eigenvalue weighted by Crippen LogP contribution is 2.43. The van der Waals surface area contributed by atoms with E-state index in [1.165, 1.54) is 12.1 Å². The van der Waals surface area contributed by atoms with Gasteiger partial charge in [-0.05, 0) is 50.8 Å². The number of benzene rings is 2. The Bertz CT molecular complexity index is 1650. The minimum absolute atomic E-state index is 0.0607. The van der Waals surface area contributed by atoms with Gasteiger partial charge >= 0.3 is 6.01 Å². The molecule has 3 aliphatic rings. The van der Waals surface area contributed by atoms with Crippen LogP contribution in [0.5, 0.6) is 6.01 Å². The average Bonchev–Trinajstić information content (AvgIpc) is 3.52. The van der Waals surface area contributed by atoms with Crippen molar-refractivity contribution in [2.75, 3.05) is 43.4 Å². The lowest BCUT2D eigenvalue weighted by Crippen LogP contribution is -2.51. The predicted octanol–water partition coefficient (Wildman–Crippen LogP) is 5.56. The molecule has 4 aromatic rings. The standard InChI is InChI=1S/C29H31ClF3N7OS/c1-14(11-39-8-6-15(31)7-9-39)41-29-37-24-19(27(38-29)40-12-16-2-3-17(13-40)35-16)10-20(30)22(23(24)33)18-4-5-21(32)26-25(18)36-28(34)42-26/h4-5,10,14-17,35H,2-3,6-9,11-13H2,1H3,(H2,34,36). The number of piperidine rings is 1. The summed E-state index contributed by atoms with van der Waals surface area (Å²) in [5.74, 6) is -0.590. The first-order valence-corrected chi connectivity index (χ1v) is 15.5. The molecule has 0 saturated carbocycles. The largest absolute Gasteiger partial charge is 0.459 e. The van der Waals surface area contributed by atoms with E-state index in [2.05, 4.69) is 25.1 Å². The summed E-state index contributed by atoms with van der Waals surface area (Å²) >= 11 is 7.77. The number of nitrogens with two attached hydrogens (primary N) is 1. The van der Waals surface area contributed by atoms with Crippen LogP contribution in [-0.4, -0.2) is 76.9 Å². The molecule has 2 aromatic heterocycles. The smallest absolute Gasteiger partial charge is 0.319 e. The van der Waals surface area contributed by atoms with E-state index in [0.717, 1.165) is 24.2 Å². The molecular weight excluding hydrogens is 587 g/mol. The molecule has 7 rings (SSSR count). The highest BCUT2D eigenvalue weighted by Gasteiger charge is 2.34. The molecule has 222 valence electrons. The summed E-state index contributed by atoms with van der Waals surface area (Å²) in [7, 11) is 0. The maximum atomic E-state index is 16.6. The minimum atomic E-state index is -0.759. The number of halogens is 4. The number of likely N-dealkylation sites (tertiary alicyclic amines) is 1. The van der Waals surface area contributed by atoms with Crippen molar-refractivity contribution in [2.24, 2.45) is 0 Å². The molecule has 3 saturated heterocycles. The molecule has 0 amide bonds. The third kappa shape index (κ3) is 5.12. The maximum Gasteiger partial charge on any atom is 0.319 e. The summed E-state index contributed by atoms with van der Waals surface area (Å²) in [6, 6.07) is 5.09. The Hall–Kier alpha value is -2.93. The number of nitrogens with zero attached hydrogens (tertiary/aromatic N) is 5. The van der Waals surface area contributed by atoms with Crippen LogP contribution in [0.15, 0.2) is 18.2 Å². The first-order chi connectivity index (χ1) is 20.2. The Kier molecular flexibility index (Phi) is 7.28. The fourth-order valence-corrected chi connectivity index (χ4v) is 7.59. The molecule has 0 aliphatic carbocycles. The first-order valence-electron chi connectivity index (χ1n) is 14.3. The van der Waals surface area contributed by atoms with Crippen LogP contribution < -0.4 is 20.7 Å². The molecule has 42 heavy (non-hydrogen) atoms. The lowest BCUT2D eigenvalue weighted by Gasteiger charge is -2.34. The van der Waals surface area contributed by atoms with Crippen LogP contribution >= 0.6 is 22.9 Å². The maximum absolute atomic E-state index is 16.6. The second kappa shape index (κ2) is 11.0. The number of hydrogen-bond acceptors (Lipinski definition) is 9. The van der Waals surface area contributed by atoms with Crippen LogP contribution in [-0.2, 0) is 0 Å². The Balaban J connectivity index is 1.32. The third-order valence-electron chi connectivity index (χ3n) is 8.48. The van der Waals surface area contributed by atoms with Gasteiger partial charge in [0.1, 0.15) is 29.4 Å². The number of thiazole rings is 1. The van der Waals surface area contributed by atoms with E-state index in [1.807, 2.05) is 6.92 Å². The fourth-order valence-electron chi connectivity index (χ4n) is 6.53. The zero-order valence-electron chi connectivity index (χ0n) is 23.0. The van der Waals surface area contributed by atoms with E-state index in [0.29, 0.717) is 74.4 Å². The lowest BCUT2D eigenvalue weighted by atomic mass is 10.0. The quantitative estimate of drug-likeness (QED) is 0.291. The van der Waals surface area contributed by atoms with Crippen molar-refractivity contribution in [2.45, 2.75) is 57.0 Å². The van der Waals surface area contributed by atoms with Crippen LogP contribution in [0, 0.1) is 11.6 Å². The van der Waals surface area contributed by atoms with Crippen molar-refractivity contribution < 1.29 is 17.9 Å². The molecule has 8 nitrogen and oxygen atoms in total. The molecule has 0 spiro atoms. The first kappa shape index (κ1) is 27.9. The molecule has 3 fully saturated rings. The van der Waals surface area contributed by atoms with Gasteiger partial charge in [-0.25, -0.2) is 18.2 Å². The molecule has 2 bridgehead atoms. The summed E-state index contributed by atoms with van der Waals surface area (Å²) in [5.41, 5.74) is 6.59. The molecule has 5 heterocycles. The van der Waals surface area contributed by atoms with Gasteiger partial charge in [0.25, 0.3) is 0 Å². The Labute approximate surface area is 250 Å². The van der Waals surface area contributed by atoms with E-state index in [4.69, 9.17) is 27.1 Å². The molecule has 13 heteroatoms. The van der Waals surface area contributed by atoms with Gasteiger partial charge in [-0.15, -0.1) is 0 Å². The fraction of sp³-hybridized carbons (Fsp3) is 0.483. The highest BCUT2D eigenvalue weighted by atomic mass is 35.5. The van der Waals surface area contributed by atoms with E-state index in [1.54, 1.807) is 6.07 Å². The normalized spacial score (nSPS) is 22.4. The molecular formula is C29H31ClF3N7OS. The number of ether oxygens (including phenoxy) is 1. The van der Waals surface area contributed by atoms with E-state index < -0.39 is 17.8 Å². The number of fused-ring (bicyclic) bond motifs is 4. The summed E-state index contributed by atoms with van der Waals surface area (Å²) < 4.78 is 51.3. The van der Waals surface area contributed by atoms with Crippen molar-refractivity contribution >= 4 is 55.0 Å². The van der Waals surface area contributed by atoms with Gasteiger partial charge in [-0.2, -0.15) is 9.97 Å². The highest BCUT2D eigenvalue weighted by molar-refractivity contribution is 7.22. The summed E-state index contributed by atoms with van der Waals surface area (Å²) in [4.78, 5) is 17.9. The van der Waals surface area contributed by atoms with Crippen LogP contribution in [0.1, 0.15) is 32.6 Å². The number of nitrogens with one attached hydrogen (secondary N) is 1. The van der Waals surface area contributed by atoms with Crippen molar-refractivity contribution in [3.8, 4) is 17.1 Å². The second-order valence-electron chi connectivity index (χ2n) is 11.5. The Morgan fingerprint density at radius 1 is 1.10 bits per heavy atom. The van der Waals surface area contributed by atoms with Crippen LogP contribution in [0.4, 0.5) is 24.1 Å². The van der Waals surface area contributed by atoms with Gasteiger partial charge in [0.05, 0.1) is 15.2 Å². The molecule has 0 radical (unpaired) electrons. The van der Waals surface area contributed by atoms with Gasteiger partial charge in [0.15, 0.2) is 10.9 Å². The van der Waals surface area contributed by atoms with Crippen molar-refractivity contribution in [3.05, 3.63) is 34.9 Å². The van der Waals surface area contributed by atoms with Gasteiger partial charge in [0.2, 0.25) is 0 Å². The van der Waals surface area contributed by atoms with Gasteiger partial charge < -0.3 is 20.7 Å². The average molecular weight is 618 g/mol. The van der Waals surface area contributed by atoms with E-state index in [-0.39, 0.29) is 43.6 Å². The Morgan fingerprint density at radius 2 is 1.83 bits per heavy atom. The topological polar surface area (TPSA) is 92.4 Å². The molecule has 3 aliphatic heterocycles. The number of anilines is 2. The predicted molar refractivity (Wildman–Crippen MR) is 160 cm³/mol. The monoisotopic (exact) mass is 617 g/mol. The number of alkyl halides is 1. The number of nitrogen functional groups attached to an aromatic ring is 1. The minimum Gasteiger partial charge on any atom is -0.459 e. The van der Waals surface area contributed by atoms with E-state index >= 15 is 4.39 Å². The van der Waals surface area contributed by atoms with Crippen molar-refractivity contribution in [1.29, 1.82) is 0 Å². The van der Waals surface area contributed by atoms with Gasteiger partial charge in [-0.3, -0.25) is 4.90 Å². The zero-order valence-corrected chi connectivity index (χ0v) is 24.6. The van der Waals surface area contributed by atoms with Gasteiger partial charge in [0, 0.05) is 61.3 Å². The second-order valence-corrected chi connectivity index (χ2v) is 13.0. The summed E-state index contributed by atoms with van der Waals surface area (Å²) in [6.07, 6.45) is 2.07.